The lowest BCUT2D eigenvalue weighted by molar-refractivity contribution is 0.0165. The first-order valence-corrected chi connectivity index (χ1v) is 7.76. The molecule has 1 aliphatic heterocycles. The van der Waals surface area contributed by atoms with Crippen LogP contribution in [0.15, 0.2) is 28.7 Å². The summed E-state index contributed by atoms with van der Waals surface area (Å²) in [7, 11) is 0. The number of para-hydroxylation sites is 1. The molecule has 22 heavy (non-hydrogen) atoms. The van der Waals surface area contributed by atoms with Crippen LogP contribution >= 0.6 is 0 Å². The van der Waals surface area contributed by atoms with Crippen molar-refractivity contribution in [2.24, 2.45) is 0 Å². The minimum Gasteiger partial charge on any atom is -0.475 e. The molecule has 0 aliphatic carbocycles. The third-order valence-corrected chi connectivity index (χ3v) is 4.31. The molecule has 1 fully saturated rings. The SMILES string of the molecule is CCN(Cc1c(C(=O)O)oc2ccccc12)C1CCCOC1. The lowest BCUT2D eigenvalue weighted by Gasteiger charge is -2.33. The van der Waals surface area contributed by atoms with E-state index in [0.29, 0.717) is 24.8 Å². The molecular weight excluding hydrogens is 282 g/mol. The van der Waals surface area contributed by atoms with Crippen LogP contribution in [0.1, 0.15) is 35.9 Å². The van der Waals surface area contributed by atoms with E-state index in [1.807, 2.05) is 24.3 Å². The molecule has 1 atom stereocenters. The zero-order valence-corrected chi connectivity index (χ0v) is 12.7. The smallest absolute Gasteiger partial charge is 0.372 e. The van der Waals surface area contributed by atoms with Gasteiger partial charge in [-0.1, -0.05) is 25.1 Å². The highest BCUT2D eigenvalue weighted by atomic mass is 16.5. The van der Waals surface area contributed by atoms with Crippen LogP contribution in [0.3, 0.4) is 0 Å². The number of ether oxygens (including phenoxy) is 1. The van der Waals surface area contributed by atoms with Gasteiger partial charge in [-0.25, -0.2) is 4.79 Å². The molecule has 0 amide bonds. The largest absolute Gasteiger partial charge is 0.475 e. The Morgan fingerprint density at radius 1 is 1.41 bits per heavy atom. The van der Waals surface area contributed by atoms with Crippen molar-refractivity contribution in [1.29, 1.82) is 0 Å². The van der Waals surface area contributed by atoms with E-state index in [-0.39, 0.29) is 5.76 Å². The van der Waals surface area contributed by atoms with E-state index in [1.54, 1.807) is 0 Å². The quantitative estimate of drug-likeness (QED) is 0.919. The fourth-order valence-electron chi connectivity index (χ4n) is 3.14. The molecular formula is C17H21NO4. The molecule has 0 radical (unpaired) electrons. The average Bonchev–Trinajstić information content (AvgIpc) is 2.92. The Kier molecular flexibility index (Phi) is 4.45. The van der Waals surface area contributed by atoms with Gasteiger partial charge in [0.05, 0.1) is 6.61 Å². The molecule has 2 aromatic rings. The predicted molar refractivity (Wildman–Crippen MR) is 83.1 cm³/mol. The molecule has 5 heteroatoms. The van der Waals surface area contributed by atoms with Gasteiger partial charge in [0.25, 0.3) is 0 Å². The second-order valence-corrected chi connectivity index (χ2v) is 5.65. The molecule has 0 spiro atoms. The molecule has 0 saturated carbocycles. The second-order valence-electron chi connectivity index (χ2n) is 5.65. The van der Waals surface area contributed by atoms with Crippen LogP contribution in [0.2, 0.25) is 0 Å². The number of furan rings is 1. The molecule has 1 aromatic carbocycles. The fourth-order valence-corrected chi connectivity index (χ4v) is 3.14. The molecule has 2 heterocycles. The van der Waals surface area contributed by atoms with Gasteiger partial charge in [0.15, 0.2) is 0 Å². The zero-order chi connectivity index (χ0) is 15.5. The first-order chi connectivity index (χ1) is 10.7. The van der Waals surface area contributed by atoms with Crippen LogP contribution < -0.4 is 0 Å². The van der Waals surface area contributed by atoms with Crippen LogP contribution in [0.25, 0.3) is 11.0 Å². The van der Waals surface area contributed by atoms with Crippen molar-refractivity contribution in [1.82, 2.24) is 4.90 Å². The van der Waals surface area contributed by atoms with E-state index in [4.69, 9.17) is 9.15 Å². The number of aromatic carboxylic acids is 1. The van der Waals surface area contributed by atoms with Gasteiger partial charge in [-0.05, 0) is 25.5 Å². The van der Waals surface area contributed by atoms with Crippen molar-refractivity contribution in [2.75, 3.05) is 19.8 Å². The van der Waals surface area contributed by atoms with Gasteiger partial charge in [0, 0.05) is 30.1 Å². The van der Waals surface area contributed by atoms with Crippen molar-refractivity contribution < 1.29 is 19.1 Å². The second kappa shape index (κ2) is 6.50. The van der Waals surface area contributed by atoms with Crippen LogP contribution in [-0.2, 0) is 11.3 Å². The maximum absolute atomic E-state index is 11.5. The number of nitrogens with zero attached hydrogens (tertiary/aromatic N) is 1. The molecule has 1 N–H and O–H groups in total. The monoisotopic (exact) mass is 303 g/mol. The third-order valence-electron chi connectivity index (χ3n) is 4.31. The van der Waals surface area contributed by atoms with Crippen LogP contribution in [0, 0.1) is 0 Å². The lowest BCUT2D eigenvalue weighted by Crippen LogP contribution is -2.40. The average molecular weight is 303 g/mol. The Balaban J connectivity index is 1.93. The Morgan fingerprint density at radius 3 is 2.91 bits per heavy atom. The molecule has 1 saturated heterocycles. The minimum atomic E-state index is -1.01. The molecule has 1 aromatic heterocycles. The number of fused-ring (bicyclic) bond motifs is 1. The highest BCUT2D eigenvalue weighted by Crippen LogP contribution is 2.28. The number of rotatable bonds is 5. The van der Waals surface area contributed by atoms with E-state index < -0.39 is 5.97 Å². The highest BCUT2D eigenvalue weighted by Gasteiger charge is 2.25. The number of hydrogen-bond donors (Lipinski definition) is 1. The van der Waals surface area contributed by atoms with Gasteiger partial charge in [-0.2, -0.15) is 0 Å². The van der Waals surface area contributed by atoms with Crippen LogP contribution in [-0.4, -0.2) is 41.8 Å². The normalized spacial score (nSPS) is 18.9. The van der Waals surface area contributed by atoms with Gasteiger partial charge < -0.3 is 14.3 Å². The highest BCUT2D eigenvalue weighted by molar-refractivity contribution is 5.95. The van der Waals surface area contributed by atoms with Crippen molar-refractivity contribution in [3.05, 3.63) is 35.6 Å². The minimum absolute atomic E-state index is 0.0522. The Hall–Kier alpha value is -1.85. The summed E-state index contributed by atoms with van der Waals surface area (Å²) >= 11 is 0. The lowest BCUT2D eigenvalue weighted by atomic mass is 10.1. The van der Waals surface area contributed by atoms with Gasteiger partial charge in [-0.15, -0.1) is 0 Å². The number of hydrogen-bond acceptors (Lipinski definition) is 4. The number of carboxylic acids is 1. The van der Waals surface area contributed by atoms with Crippen molar-refractivity contribution in [3.63, 3.8) is 0 Å². The van der Waals surface area contributed by atoms with Gasteiger partial charge in [-0.3, -0.25) is 4.90 Å². The Labute approximate surface area is 129 Å². The molecule has 118 valence electrons. The summed E-state index contributed by atoms with van der Waals surface area (Å²) in [6.45, 7) is 5.06. The fraction of sp³-hybridized carbons (Fsp3) is 0.471. The number of carbonyl (C=O) groups is 1. The Morgan fingerprint density at radius 2 is 2.23 bits per heavy atom. The number of likely N-dealkylation sites (N-methyl/N-ethyl adjacent to an activating group) is 1. The topological polar surface area (TPSA) is 62.9 Å². The first-order valence-electron chi connectivity index (χ1n) is 7.76. The van der Waals surface area contributed by atoms with Crippen molar-refractivity contribution >= 4 is 16.9 Å². The van der Waals surface area contributed by atoms with Gasteiger partial charge >= 0.3 is 5.97 Å². The number of carboxylic acid groups (broad SMARTS) is 1. The van der Waals surface area contributed by atoms with E-state index in [2.05, 4.69) is 11.8 Å². The zero-order valence-electron chi connectivity index (χ0n) is 12.7. The van der Waals surface area contributed by atoms with Crippen molar-refractivity contribution in [3.8, 4) is 0 Å². The summed E-state index contributed by atoms with van der Waals surface area (Å²) < 4.78 is 11.1. The molecule has 1 aliphatic rings. The maximum Gasteiger partial charge on any atom is 0.372 e. The van der Waals surface area contributed by atoms with E-state index >= 15 is 0 Å². The van der Waals surface area contributed by atoms with Crippen molar-refractivity contribution in [2.45, 2.75) is 32.4 Å². The molecule has 3 rings (SSSR count). The third kappa shape index (κ3) is 2.87. The van der Waals surface area contributed by atoms with Crippen LogP contribution in [0.4, 0.5) is 0 Å². The van der Waals surface area contributed by atoms with Crippen LogP contribution in [0.5, 0.6) is 0 Å². The maximum atomic E-state index is 11.5. The van der Waals surface area contributed by atoms with Gasteiger partial charge in [0.1, 0.15) is 5.58 Å². The first kappa shape index (κ1) is 15.1. The summed E-state index contributed by atoms with van der Waals surface area (Å²) in [6.07, 6.45) is 2.14. The molecule has 1 unspecified atom stereocenters. The summed E-state index contributed by atoms with van der Waals surface area (Å²) in [5.74, 6) is -0.960. The van der Waals surface area contributed by atoms with Gasteiger partial charge in [0.2, 0.25) is 5.76 Å². The molecule has 5 nitrogen and oxygen atoms in total. The summed E-state index contributed by atoms with van der Waals surface area (Å²) in [5, 5.41) is 10.3. The Bertz CT molecular complexity index is 658. The predicted octanol–water partition coefficient (Wildman–Crippen LogP) is 3.13. The summed E-state index contributed by atoms with van der Waals surface area (Å²) in [5.41, 5.74) is 1.39. The van der Waals surface area contributed by atoms with E-state index in [9.17, 15) is 9.90 Å². The molecule has 0 bridgehead atoms. The summed E-state index contributed by atoms with van der Waals surface area (Å²) in [6, 6.07) is 7.84. The standard InChI is InChI=1S/C17H21NO4/c1-2-18(12-6-5-9-21-11-12)10-14-13-7-3-4-8-15(13)22-16(14)17(19)20/h3-4,7-8,12H,2,5-6,9-11H2,1H3,(H,19,20). The number of benzene rings is 1. The summed E-state index contributed by atoms with van der Waals surface area (Å²) in [4.78, 5) is 13.8. The van der Waals surface area contributed by atoms with E-state index in [1.165, 1.54) is 0 Å². The van der Waals surface area contributed by atoms with E-state index in [0.717, 1.165) is 36.9 Å².